The summed E-state index contributed by atoms with van der Waals surface area (Å²) in [6.45, 7) is 1.10. The third-order valence-corrected chi connectivity index (χ3v) is 5.35. The van der Waals surface area contributed by atoms with Gasteiger partial charge in [0, 0.05) is 36.7 Å². The number of para-hydroxylation sites is 1. The standard InChI is InChI=1S/C21H24N2/c1-22(21-12-11-16-7-3-4-8-18(16)21)14-13-17-15-23(2)20-10-6-5-9-19(17)20/h3-10,15,21H,11-14H2,1-2H3. The first-order chi connectivity index (χ1) is 11.2. The van der Waals surface area contributed by atoms with Gasteiger partial charge in [0.2, 0.25) is 0 Å². The second kappa shape index (κ2) is 5.86. The SMILES string of the molecule is CN(CCc1cn(C)c2ccccc12)C1CCc2ccccc21. The van der Waals surface area contributed by atoms with Crippen molar-refractivity contribution in [3.63, 3.8) is 0 Å². The minimum atomic E-state index is 0.584. The van der Waals surface area contributed by atoms with Crippen LogP contribution in [0.3, 0.4) is 0 Å². The molecular weight excluding hydrogens is 280 g/mol. The van der Waals surface area contributed by atoms with E-state index in [1.165, 1.54) is 40.4 Å². The minimum Gasteiger partial charge on any atom is -0.350 e. The molecule has 2 aromatic carbocycles. The van der Waals surface area contributed by atoms with E-state index in [0.717, 1.165) is 13.0 Å². The van der Waals surface area contributed by atoms with Crippen molar-refractivity contribution in [3.8, 4) is 0 Å². The van der Waals surface area contributed by atoms with E-state index in [-0.39, 0.29) is 0 Å². The Kier molecular flexibility index (Phi) is 3.70. The maximum Gasteiger partial charge on any atom is 0.0480 e. The van der Waals surface area contributed by atoms with Gasteiger partial charge in [-0.1, -0.05) is 42.5 Å². The van der Waals surface area contributed by atoms with E-state index >= 15 is 0 Å². The highest BCUT2D eigenvalue weighted by molar-refractivity contribution is 5.83. The zero-order valence-corrected chi connectivity index (χ0v) is 14.0. The van der Waals surface area contributed by atoms with E-state index in [1.807, 2.05) is 0 Å². The summed E-state index contributed by atoms with van der Waals surface area (Å²) >= 11 is 0. The Balaban J connectivity index is 1.51. The van der Waals surface area contributed by atoms with Crippen LogP contribution in [0.25, 0.3) is 10.9 Å². The van der Waals surface area contributed by atoms with Crippen LogP contribution in [-0.2, 0) is 19.9 Å². The van der Waals surface area contributed by atoms with E-state index in [0.29, 0.717) is 6.04 Å². The molecule has 118 valence electrons. The Hall–Kier alpha value is -2.06. The maximum atomic E-state index is 2.54. The van der Waals surface area contributed by atoms with Crippen molar-refractivity contribution in [3.05, 3.63) is 71.4 Å². The highest BCUT2D eigenvalue weighted by Gasteiger charge is 2.25. The van der Waals surface area contributed by atoms with Crippen molar-refractivity contribution in [1.82, 2.24) is 9.47 Å². The van der Waals surface area contributed by atoms with Crippen LogP contribution < -0.4 is 0 Å². The number of rotatable bonds is 4. The Morgan fingerprint density at radius 3 is 2.78 bits per heavy atom. The van der Waals surface area contributed by atoms with Gasteiger partial charge in [0.25, 0.3) is 0 Å². The molecule has 1 aliphatic rings. The van der Waals surface area contributed by atoms with E-state index in [4.69, 9.17) is 0 Å². The largest absolute Gasteiger partial charge is 0.350 e. The van der Waals surface area contributed by atoms with E-state index < -0.39 is 0 Å². The summed E-state index contributed by atoms with van der Waals surface area (Å²) in [5.41, 5.74) is 5.86. The Labute approximate surface area is 138 Å². The lowest BCUT2D eigenvalue weighted by Crippen LogP contribution is -2.25. The molecule has 2 heteroatoms. The van der Waals surface area contributed by atoms with Crippen molar-refractivity contribution in [2.75, 3.05) is 13.6 Å². The first kappa shape index (κ1) is 14.5. The molecule has 1 aromatic heterocycles. The van der Waals surface area contributed by atoms with Gasteiger partial charge in [0.15, 0.2) is 0 Å². The average molecular weight is 304 g/mol. The van der Waals surface area contributed by atoms with Gasteiger partial charge in [-0.15, -0.1) is 0 Å². The molecule has 0 radical (unpaired) electrons. The second-order valence-electron chi connectivity index (χ2n) is 6.77. The zero-order chi connectivity index (χ0) is 15.8. The van der Waals surface area contributed by atoms with Gasteiger partial charge in [0.1, 0.15) is 0 Å². The van der Waals surface area contributed by atoms with Crippen LogP contribution in [0.4, 0.5) is 0 Å². The van der Waals surface area contributed by atoms with Crippen molar-refractivity contribution in [1.29, 1.82) is 0 Å². The maximum absolute atomic E-state index is 2.54. The number of aromatic nitrogens is 1. The van der Waals surface area contributed by atoms with Crippen LogP contribution >= 0.6 is 0 Å². The normalized spacial score (nSPS) is 17.1. The predicted octanol–water partition coefficient (Wildman–Crippen LogP) is 4.34. The third-order valence-electron chi connectivity index (χ3n) is 5.35. The molecule has 0 aliphatic heterocycles. The van der Waals surface area contributed by atoms with Gasteiger partial charge in [-0.3, -0.25) is 4.90 Å². The molecule has 1 heterocycles. The van der Waals surface area contributed by atoms with Gasteiger partial charge in [-0.2, -0.15) is 0 Å². The van der Waals surface area contributed by atoms with Crippen LogP contribution in [0.15, 0.2) is 54.7 Å². The molecule has 1 aliphatic carbocycles. The van der Waals surface area contributed by atoms with E-state index in [9.17, 15) is 0 Å². The fourth-order valence-corrected chi connectivity index (χ4v) is 4.07. The molecular formula is C21H24N2. The Morgan fingerprint density at radius 2 is 1.87 bits per heavy atom. The van der Waals surface area contributed by atoms with Gasteiger partial charge < -0.3 is 4.57 Å². The lowest BCUT2D eigenvalue weighted by Gasteiger charge is -2.25. The average Bonchev–Trinajstić information content (AvgIpc) is 3.15. The monoisotopic (exact) mass is 304 g/mol. The van der Waals surface area contributed by atoms with Gasteiger partial charge >= 0.3 is 0 Å². The number of hydrogen-bond acceptors (Lipinski definition) is 1. The molecule has 0 N–H and O–H groups in total. The number of likely N-dealkylation sites (N-methyl/N-ethyl adjacent to an activating group) is 1. The van der Waals surface area contributed by atoms with E-state index in [1.54, 1.807) is 0 Å². The second-order valence-corrected chi connectivity index (χ2v) is 6.77. The van der Waals surface area contributed by atoms with Crippen LogP contribution in [0.5, 0.6) is 0 Å². The Bertz CT molecular complexity index is 831. The fourth-order valence-electron chi connectivity index (χ4n) is 4.07. The minimum absolute atomic E-state index is 0.584. The molecule has 0 saturated carbocycles. The smallest absolute Gasteiger partial charge is 0.0480 e. The van der Waals surface area contributed by atoms with Crippen molar-refractivity contribution >= 4 is 10.9 Å². The number of benzene rings is 2. The van der Waals surface area contributed by atoms with Gasteiger partial charge in [0.05, 0.1) is 0 Å². The first-order valence-corrected chi connectivity index (χ1v) is 8.55. The van der Waals surface area contributed by atoms with Crippen molar-refractivity contribution in [2.45, 2.75) is 25.3 Å². The summed E-state index contributed by atoms with van der Waals surface area (Å²) in [6.07, 6.45) is 5.88. The molecule has 0 bridgehead atoms. The zero-order valence-electron chi connectivity index (χ0n) is 14.0. The molecule has 3 aromatic rings. The molecule has 1 unspecified atom stereocenters. The lowest BCUT2D eigenvalue weighted by molar-refractivity contribution is 0.247. The van der Waals surface area contributed by atoms with Crippen LogP contribution in [0, 0.1) is 0 Å². The molecule has 4 rings (SSSR count). The number of fused-ring (bicyclic) bond motifs is 2. The summed E-state index contributed by atoms with van der Waals surface area (Å²) in [5.74, 6) is 0. The summed E-state index contributed by atoms with van der Waals surface area (Å²) in [6, 6.07) is 18.2. The summed E-state index contributed by atoms with van der Waals surface area (Å²) in [4.78, 5) is 2.54. The van der Waals surface area contributed by atoms with E-state index in [2.05, 4.69) is 78.3 Å². The molecule has 0 spiro atoms. The number of aryl methyl sites for hydroxylation is 2. The summed E-state index contributed by atoms with van der Waals surface area (Å²) in [5, 5.41) is 1.40. The van der Waals surface area contributed by atoms with Crippen molar-refractivity contribution in [2.24, 2.45) is 7.05 Å². The first-order valence-electron chi connectivity index (χ1n) is 8.55. The number of nitrogens with zero attached hydrogens (tertiary/aromatic N) is 2. The Morgan fingerprint density at radius 1 is 1.09 bits per heavy atom. The highest BCUT2D eigenvalue weighted by Crippen LogP contribution is 2.35. The number of hydrogen-bond donors (Lipinski definition) is 0. The van der Waals surface area contributed by atoms with Gasteiger partial charge in [-0.05, 0) is 49.1 Å². The molecule has 0 saturated heterocycles. The molecule has 23 heavy (non-hydrogen) atoms. The van der Waals surface area contributed by atoms with Crippen molar-refractivity contribution < 1.29 is 0 Å². The van der Waals surface area contributed by atoms with Gasteiger partial charge in [-0.25, -0.2) is 0 Å². The lowest BCUT2D eigenvalue weighted by atomic mass is 10.1. The van der Waals surface area contributed by atoms with Crippen LogP contribution in [0.2, 0.25) is 0 Å². The summed E-state index contributed by atoms with van der Waals surface area (Å²) < 4.78 is 2.25. The molecule has 2 nitrogen and oxygen atoms in total. The predicted molar refractivity (Wildman–Crippen MR) is 96.8 cm³/mol. The molecule has 0 amide bonds. The highest BCUT2D eigenvalue weighted by atomic mass is 15.1. The molecule has 1 atom stereocenters. The topological polar surface area (TPSA) is 8.17 Å². The van der Waals surface area contributed by atoms with Crippen LogP contribution in [0.1, 0.15) is 29.2 Å². The fraction of sp³-hybridized carbons (Fsp3) is 0.333. The molecule has 0 fully saturated rings. The third kappa shape index (κ3) is 2.57. The quantitative estimate of drug-likeness (QED) is 0.696. The summed E-state index contributed by atoms with van der Waals surface area (Å²) in [7, 11) is 4.42. The van der Waals surface area contributed by atoms with Crippen LogP contribution in [-0.4, -0.2) is 23.1 Å².